The van der Waals surface area contributed by atoms with Crippen molar-refractivity contribution in [2.24, 2.45) is 17.2 Å². The number of hydrogen-bond acceptors (Lipinski definition) is 2. The molecule has 4 heteroatoms. The second kappa shape index (κ2) is 6.64. The molecule has 20 heavy (non-hydrogen) atoms. The average molecular weight is 284 g/mol. The molecule has 2 nitrogen and oxygen atoms in total. The molecule has 0 aliphatic rings. The average Bonchev–Trinajstić information content (AvgIpc) is 2.30. The second-order valence-electron chi connectivity index (χ2n) is 6.92. The van der Waals surface area contributed by atoms with Crippen molar-refractivity contribution in [1.82, 2.24) is 5.43 Å². The zero-order chi connectivity index (χ0) is 15.5. The van der Waals surface area contributed by atoms with Gasteiger partial charge in [-0.15, -0.1) is 0 Å². The van der Waals surface area contributed by atoms with Crippen molar-refractivity contribution in [2.75, 3.05) is 0 Å². The molecule has 114 valence electrons. The Labute approximate surface area is 120 Å². The molecule has 0 aliphatic heterocycles. The molecule has 3 N–H and O–H groups in total. The van der Waals surface area contributed by atoms with Gasteiger partial charge < -0.3 is 0 Å². The lowest BCUT2D eigenvalue weighted by atomic mass is 9.82. The minimum absolute atomic E-state index is 0.0493. The molecule has 0 saturated heterocycles. The Morgan fingerprint density at radius 3 is 2.35 bits per heavy atom. The fourth-order valence-electron chi connectivity index (χ4n) is 2.80. The molecule has 2 unspecified atom stereocenters. The van der Waals surface area contributed by atoms with E-state index in [0.29, 0.717) is 17.9 Å². The number of nitrogens with two attached hydrogens (primary N) is 1. The minimum Gasteiger partial charge on any atom is -0.271 e. The molecule has 1 aromatic rings. The Morgan fingerprint density at radius 2 is 1.85 bits per heavy atom. The normalized spacial score (nSPS) is 15.2. The molecule has 0 bridgehead atoms. The minimum atomic E-state index is -0.543. The fourth-order valence-corrected chi connectivity index (χ4v) is 2.80. The smallest absolute Gasteiger partial charge is 0.133 e. The maximum Gasteiger partial charge on any atom is 0.133 e. The Morgan fingerprint density at radius 1 is 1.25 bits per heavy atom. The van der Waals surface area contributed by atoms with E-state index in [1.807, 2.05) is 0 Å². The summed E-state index contributed by atoms with van der Waals surface area (Å²) in [7, 11) is 0. The van der Waals surface area contributed by atoms with Gasteiger partial charge in [-0.1, -0.05) is 33.8 Å². The monoisotopic (exact) mass is 284 g/mol. The number of benzene rings is 1. The van der Waals surface area contributed by atoms with Gasteiger partial charge in [-0.2, -0.15) is 0 Å². The van der Waals surface area contributed by atoms with Crippen molar-refractivity contribution >= 4 is 0 Å². The van der Waals surface area contributed by atoms with Gasteiger partial charge in [0, 0.05) is 5.56 Å². The number of nitrogens with one attached hydrogen (secondary N) is 1. The lowest BCUT2D eigenvalue weighted by Crippen LogP contribution is -2.31. The SMILES string of the molecule is Cc1ccc(F)c(C(CC(C)CC(C)(C)C)NN)c1F. The van der Waals surface area contributed by atoms with Crippen molar-refractivity contribution < 1.29 is 8.78 Å². The van der Waals surface area contributed by atoms with Gasteiger partial charge in [0.25, 0.3) is 0 Å². The summed E-state index contributed by atoms with van der Waals surface area (Å²) < 4.78 is 28.1. The topological polar surface area (TPSA) is 38.0 Å². The molecular formula is C16H26F2N2. The van der Waals surface area contributed by atoms with Crippen molar-refractivity contribution in [2.45, 2.75) is 53.5 Å². The molecule has 0 aliphatic carbocycles. The van der Waals surface area contributed by atoms with E-state index < -0.39 is 17.7 Å². The first kappa shape index (κ1) is 17.1. The quantitative estimate of drug-likeness (QED) is 0.627. The van der Waals surface area contributed by atoms with E-state index in [1.165, 1.54) is 12.1 Å². The van der Waals surface area contributed by atoms with Crippen LogP contribution in [0.2, 0.25) is 0 Å². The first-order valence-electron chi connectivity index (χ1n) is 7.06. The predicted octanol–water partition coefficient (Wildman–Crippen LogP) is 4.24. The Hall–Kier alpha value is -1.00. The summed E-state index contributed by atoms with van der Waals surface area (Å²) in [5.41, 5.74) is 3.23. The summed E-state index contributed by atoms with van der Waals surface area (Å²) >= 11 is 0. The summed E-state index contributed by atoms with van der Waals surface area (Å²) in [5.74, 6) is 4.79. The third-order valence-electron chi connectivity index (χ3n) is 3.47. The summed E-state index contributed by atoms with van der Waals surface area (Å²) in [6, 6.07) is 2.24. The van der Waals surface area contributed by atoms with Gasteiger partial charge in [-0.3, -0.25) is 11.3 Å². The van der Waals surface area contributed by atoms with Crippen LogP contribution in [0, 0.1) is 29.9 Å². The highest BCUT2D eigenvalue weighted by Gasteiger charge is 2.24. The van der Waals surface area contributed by atoms with Gasteiger partial charge in [0.2, 0.25) is 0 Å². The fraction of sp³-hybridized carbons (Fsp3) is 0.625. The molecule has 0 aromatic heterocycles. The van der Waals surface area contributed by atoms with E-state index in [-0.39, 0.29) is 11.0 Å². The van der Waals surface area contributed by atoms with Crippen molar-refractivity contribution in [3.8, 4) is 0 Å². The molecular weight excluding hydrogens is 258 g/mol. The van der Waals surface area contributed by atoms with Crippen LogP contribution in [0.15, 0.2) is 12.1 Å². The standard InChI is InChI=1S/C16H26F2N2/c1-10(9-16(3,4)5)8-13(20-19)14-12(17)7-6-11(2)15(14)18/h6-7,10,13,20H,8-9,19H2,1-5H3. The number of hydrazine groups is 1. The van der Waals surface area contributed by atoms with Gasteiger partial charge in [0.05, 0.1) is 6.04 Å². The van der Waals surface area contributed by atoms with Crippen LogP contribution in [0.4, 0.5) is 8.78 Å². The summed E-state index contributed by atoms with van der Waals surface area (Å²) in [6.07, 6.45) is 1.57. The van der Waals surface area contributed by atoms with E-state index >= 15 is 0 Å². The predicted molar refractivity (Wildman–Crippen MR) is 79.0 cm³/mol. The van der Waals surface area contributed by atoms with Crippen LogP contribution < -0.4 is 11.3 Å². The van der Waals surface area contributed by atoms with Crippen LogP contribution >= 0.6 is 0 Å². The summed E-state index contributed by atoms with van der Waals surface area (Å²) in [5, 5.41) is 0. The first-order chi connectivity index (χ1) is 9.15. The molecule has 0 amide bonds. The van der Waals surface area contributed by atoms with Gasteiger partial charge in [0.1, 0.15) is 11.6 Å². The highest BCUT2D eigenvalue weighted by Crippen LogP contribution is 2.32. The second-order valence-corrected chi connectivity index (χ2v) is 6.92. The number of hydrogen-bond donors (Lipinski definition) is 2. The number of halogens is 2. The van der Waals surface area contributed by atoms with Crippen molar-refractivity contribution in [3.63, 3.8) is 0 Å². The number of rotatable bonds is 5. The van der Waals surface area contributed by atoms with Crippen molar-refractivity contribution in [3.05, 3.63) is 34.9 Å². The maximum atomic E-state index is 14.2. The number of aryl methyl sites for hydroxylation is 1. The zero-order valence-electron chi connectivity index (χ0n) is 13.1. The molecule has 0 heterocycles. The molecule has 0 spiro atoms. The third kappa shape index (κ3) is 4.53. The highest BCUT2D eigenvalue weighted by molar-refractivity contribution is 5.29. The molecule has 2 atom stereocenters. The van der Waals surface area contributed by atoms with E-state index in [9.17, 15) is 8.78 Å². The van der Waals surface area contributed by atoms with Gasteiger partial charge in [-0.05, 0) is 42.7 Å². The Kier molecular flexibility index (Phi) is 5.66. The van der Waals surface area contributed by atoms with E-state index in [0.717, 1.165) is 6.42 Å². The molecule has 0 saturated carbocycles. The van der Waals surface area contributed by atoms with Crippen LogP contribution in [0.3, 0.4) is 0 Å². The first-order valence-corrected chi connectivity index (χ1v) is 7.06. The molecule has 0 radical (unpaired) electrons. The van der Waals surface area contributed by atoms with Gasteiger partial charge >= 0.3 is 0 Å². The third-order valence-corrected chi connectivity index (χ3v) is 3.47. The largest absolute Gasteiger partial charge is 0.271 e. The van der Waals surface area contributed by atoms with Crippen LogP contribution in [-0.2, 0) is 0 Å². The van der Waals surface area contributed by atoms with E-state index in [2.05, 4.69) is 33.1 Å². The summed E-state index contributed by atoms with van der Waals surface area (Å²) in [6.45, 7) is 10.2. The zero-order valence-corrected chi connectivity index (χ0v) is 13.1. The lowest BCUT2D eigenvalue weighted by Gasteiger charge is -2.27. The van der Waals surface area contributed by atoms with Crippen LogP contribution in [0.1, 0.15) is 57.7 Å². The van der Waals surface area contributed by atoms with Crippen LogP contribution in [0.25, 0.3) is 0 Å². The molecule has 1 rings (SSSR count). The Balaban J connectivity index is 2.95. The van der Waals surface area contributed by atoms with Gasteiger partial charge in [-0.25, -0.2) is 8.78 Å². The molecule has 1 aromatic carbocycles. The maximum absolute atomic E-state index is 14.2. The van der Waals surface area contributed by atoms with E-state index in [4.69, 9.17) is 5.84 Å². The van der Waals surface area contributed by atoms with E-state index in [1.54, 1.807) is 6.92 Å². The van der Waals surface area contributed by atoms with Crippen molar-refractivity contribution in [1.29, 1.82) is 0 Å². The highest BCUT2D eigenvalue weighted by atomic mass is 19.1. The van der Waals surface area contributed by atoms with Gasteiger partial charge in [0.15, 0.2) is 0 Å². The van der Waals surface area contributed by atoms with Crippen LogP contribution in [-0.4, -0.2) is 0 Å². The van der Waals surface area contributed by atoms with Crippen LogP contribution in [0.5, 0.6) is 0 Å². The molecule has 0 fully saturated rings. The lowest BCUT2D eigenvalue weighted by molar-refractivity contribution is 0.272. The summed E-state index contributed by atoms with van der Waals surface area (Å²) in [4.78, 5) is 0. The Bertz CT molecular complexity index is 453.